The lowest BCUT2D eigenvalue weighted by Gasteiger charge is -2.27. The number of β-amino-alcohol motifs (C(OH)–C–C–N with tert-alkyl or cyclic N) is 1. The first kappa shape index (κ1) is 19.4. The first-order valence-electron chi connectivity index (χ1n) is 10.1. The fourth-order valence-electron chi connectivity index (χ4n) is 3.84. The van der Waals surface area contributed by atoms with Crippen LogP contribution in [0, 0.1) is 0 Å². The second-order valence-electron chi connectivity index (χ2n) is 7.55. The fourth-order valence-corrected chi connectivity index (χ4v) is 3.84. The van der Waals surface area contributed by atoms with Crippen molar-refractivity contribution in [3.63, 3.8) is 0 Å². The van der Waals surface area contributed by atoms with Crippen molar-refractivity contribution in [3.05, 3.63) is 35.6 Å². The van der Waals surface area contributed by atoms with Crippen molar-refractivity contribution < 1.29 is 24.2 Å². The molecular weight excluding hydrogens is 360 g/mol. The molecule has 2 fully saturated rings. The molecule has 1 aliphatic heterocycles. The van der Waals surface area contributed by atoms with Gasteiger partial charge in [0.05, 0.1) is 25.9 Å². The molecule has 1 aromatic carbocycles. The molecule has 7 nitrogen and oxygen atoms in total. The number of aromatic nitrogens is 1. The Morgan fingerprint density at radius 3 is 2.71 bits per heavy atom. The van der Waals surface area contributed by atoms with E-state index < -0.39 is 6.10 Å². The predicted octanol–water partition coefficient (Wildman–Crippen LogP) is 2.52. The quantitative estimate of drug-likeness (QED) is 0.753. The van der Waals surface area contributed by atoms with Gasteiger partial charge in [-0.2, -0.15) is 0 Å². The van der Waals surface area contributed by atoms with Crippen molar-refractivity contribution in [2.75, 3.05) is 32.8 Å². The van der Waals surface area contributed by atoms with Crippen molar-refractivity contribution in [1.29, 1.82) is 0 Å². The molecule has 152 valence electrons. The topological polar surface area (TPSA) is 88.2 Å². The summed E-state index contributed by atoms with van der Waals surface area (Å²) in [7, 11) is 0. The Kier molecular flexibility index (Phi) is 6.26. The van der Waals surface area contributed by atoms with Gasteiger partial charge in [0.2, 0.25) is 0 Å². The zero-order chi connectivity index (χ0) is 19.3. The lowest BCUT2D eigenvalue weighted by Crippen LogP contribution is -2.38. The second-order valence-corrected chi connectivity index (χ2v) is 7.55. The molecule has 0 amide bonds. The van der Waals surface area contributed by atoms with Crippen LogP contribution >= 0.6 is 0 Å². The normalized spacial score (nSPS) is 19.8. The third-order valence-electron chi connectivity index (χ3n) is 5.52. The minimum atomic E-state index is -0.731. The maximum atomic E-state index is 10.5. The Hall–Kier alpha value is -1.93. The first-order chi connectivity index (χ1) is 13.7. The summed E-state index contributed by atoms with van der Waals surface area (Å²) in [6.07, 6.45) is 3.96. The van der Waals surface area contributed by atoms with Gasteiger partial charge >= 0.3 is 0 Å². The zero-order valence-electron chi connectivity index (χ0n) is 16.0. The molecule has 1 aliphatic carbocycles. The van der Waals surface area contributed by atoms with E-state index in [4.69, 9.17) is 14.0 Å². The largest absolute Gasteiger partial charge is 0.490 e. The van der Waals surface area contributed by atoms with Gasteiger partial charge in [0.25, 0.3) is 0 Å². The third kappa shape index (κ3) is 4.55. The first-order valence-corrected chi connectivity index (χ1v) is 10.1. The molecule has 0 bridgehead atoms. The molecule has 2 N–H and O–H groups in total. The number of hydrogen-bond acceptors (Lipinski definition) is 7. The molecular formula is C21H28N2O5. The van der Waals surface area contributed by atoms with Gasteiger partial charge < -0.3 is 24.2 Å². The number of aliphatic hydroxyl groups excluding tert-OH is 2. The van der Waals surface area contributed by atoms with Crippen molar-refractivity contribution >= 4 is 0 Å². The van der Waals surface area contributed by atoms with Crippen LogP contribution < -0.4 is 4.74 Å². The molecule has 2 aromatic rings. The van der Waals surface area contributed by atoms with Crippen LogP contribution in [0.4, 0.5) is 0 Å². The highest BCUT2D eigenvalue weighted by atomic mass is 16.5. The highest BCUT2D eigenvalue weighted by Gasteiger charge is 2.21. The van der Waals surface area contributed by atoms with Crippen molar-refractivity contribution in [3.8, 4) is 17.0 Å². The van der Waals surface area contributed by atoms with Gasteiger partial charge in [0.15, 0.2) is 5.76 Å². The average Bonchev–Trinajstić information content (AvgIpc) is 3.41. The van der Waals surface area contributed by atoms with E-state index in [0.717, 1.165) is 37.1 Å². The second kappa shape index (κ2) is 9.05. The van der Waals surface area contributed by atoms with Crippen molar-refractivity contribution in [2.24, 2.45) is 0 Å². The van der Waals surface area contributed by atoms with Crippen LogP contribution in [0.25, 0.3) is 11.3 Å². The van der Waals surface area contributed by atoms with Crippen LogP contribution in [0.3, 0.4) is 0 Å². The van der Waals surface area contributed by atoms with Crippen molar-refractivity contribution in [2.45, 2.75) is 44.5 Å². The maximum Gasteiger partial charge on any atom is 0.167 e. The molecule has 2 aliphatic rings. The number of hydrogen-bond donors (Lipinski definition) is 2. The monoisotopic (exact) mass is 388 g/mol. The standard InChI is InChI=1S/C21H28N2O5/c24-14-16-6-5-15(11-20(16)27-17-3-1-2-4-17)18-12-21(28-22-18)19(25)13-23-7-9-26-10-8-23/h5-6,11-12,17,19,24-25H,1-4,7-10,13-14H2. The molecule has 1 atom stereocenters. The zero-order valence-corrected chi connectivity index (χ0v) is 16.0. The van der Waals surface area contributed by atoms with E-state index in [0.29, 0.717) is 37.0 Å². The van der Waals surface area contributed by atoms with Gasteiger partial charge in [-0.3, -0.25) is 4.90 Å². The number of benzene rings is 1. The fraction of sp³-hybridized carbons (Fsp3) is 0.571. The predicted molar refractivity (Wildman–Crippen MR) is 103 cm³/mol. The van der Waals surface area contributed by atoms with E-state index in [1.807, 2.05) is 18.2 Å². The number of ether oxygens (including phenoxy) is 2. The number of rotatable bonds is 7. The Balaban J connectivity index is 1.47. The van der Waals surface area contributed by atoms with Crippen LogP contribution in [0.5, 0.6) is 5.75 Å². The highest BCUT2D eigenvalue weighted by Crippen LogP contribution is 2.32. The molecule has 1 aromatic heterocycles. The van der Waals surface area contributed by atoms with Crippen LogP contribution in [0.15, 0.2) is 28.8 Å². The molecule has 1 unspecified atom stereocenters. The molecule has 4 rings (SSSR count). The summed E-state index contributed by atoms with van der Waals surface area (Å²) in [6, 6.07) is 7.43. The van der Waals surface area contributed by atoms with Crippen LogP contribution in [-0.4, -0.2) is 59.2 Å². The molecule has 0 radical (unpaired) electrons. The summed E-state index contributed by atoms with van der Waals surface area (Å²) in [5, 5.41) is 24.2. The van der Waals surface area contributed by atoms with Gasteiger partial charge in [0.1, 0.15) is 17.5 Å². The van der Waals surface area contributed by atoms with Crippen molar-refractivity contribution in [1.82, 2.24) is 10.1 Å². The number of aliphatic hydroxyl groups is 2. The van der Waals surface area contributed by atoms with Crippen LogP contribution in [0.2, 0.25) is 0 Å². The smallest absolute Gasteiger partial charge is 0.167 e. The average molecular weight is 388 g/mol. The summed E-state index contributed by atoms with van der Waals surface area (Å²) in [5.41, 5.74) is 2.27. The lowest BCUT2D eigenvalue weighted by molar-refractivity contribution is 0.00892. The van der Waals surface area contributed by atoms with E-state index in [9.17, 15) is 10.2 Å². The van der Waals surface area contributed by atoms with Gasteiger partial charge in [-0.1, -0.05) is 17.3 Å². The van der Waals surface area contributed by atoms with Gasteiger partial charge in [0, 0.05) is 36.8 Å². The Labute approximate surface area is 164 Å². The van der Waals surface area contributed by atoms with Gasteiger partial charge in [-0.25, -0.2) is 0 Å². The summed E-state index contributed by atoms with van der Waals surface area (Å²) in [6.45, 7) is 3.43. The van der Waals surface area contributed by atoms with Crippen LogP contribution in [0.1, 0.15) is 43.1 Å². The lowest BCUT2D eigenvalue weighted by atomic mass is 10.1. The summed E-state index contributed by atoms with van der Waals surface area (Å²) < 4.78 is 16.9. The van der Waals surface area contributed by atoms with E-state index in [1.165, 1.54) is 12.8 Å². The van der Waals surface area contributed by atoms with Crippen LogP contribution in [-0.2, 0) is 11.3 Å². The molecule has 0 spiro atoms. The summed E-state index contributed by atoms with van der Waals surface area (Å²) in [4.78, 5) is 2.15. The Morgan fingerprint density at radius 2 is 1.96 bits per heavy atom. The Morgan fingerprint density at radius 1 is 1.18 bits per heavy atom. The highest BCUT2D eigenvalue weighted by molar-refractivity contribution is 5.62. The maximum absolute atomic E-state index is 10.5. The molecule has 1 saturated carbocycles. The minimum absolute atomic E-state index is 0.0648. The molecule has 1 saturated heterocycles. The third-order valence-corrected chi connectivity index (χ3v) is 5.52. The van der Waals surface area contributed by atoms with E-state index in [1.54, 1.807) is 6.07 Å². The molecule has 28 heavy (non-hydrogen) atoms. The number of morpholine rings is 1. The summed E-state index contributed by atoms with van der Waals surface area (Å²) >= 11 is 0. The minimum Gasteiger partial charge on any atom is -0.490 e. The molecule has 7 heteroatoms. The molecule has 2 heterocycles. The summed E-state index contributed by atoms with van der Waals surface area (Å²) in [5.74, 6) is 1.15. The number of nitrogens with zero attached hydrogens (tertiary/aromatic N) is 2. The van der Waals surface area contributed by atoms with E-state index in [2.05, 4.69) is 10.1 Å². The van der Waals surface area contributed by atoms with Gasteiger partial charge in [-0.05, 0) is 31.7 Å². The SMILES string of the molecule is OCc1ccc(-c2cc(C(O)CN3CCOCC3)on2)cc1OC1CCCC1. The van der Waals surface area contributed by atoms with E-state index >= 15 is 0 Å². The Bertz CT molecular complexity index is 766. The van der Waals surface area contributed by atoms with E-state index in [-0.39, 0.29) is 12.7 Å². The van der Waals surface area contributed by atoms with Gasteiger partial charge in [-0.15, -0.1) is 0 Å².